The van der Waals surface area contributed by atoms with Gasteiger partial charge in [0.15, 0.2) is 0 Å². The van der Waals surface area contributed by atoms with Gasteiger partial charge >= 0.3 is 0 Å². The van der Waals surface area contributed by atoms with Crippen molar-refractivity contribution < 1.29 is 4.74 Å². The molecule has 0 radical (unpaired) electrons. The van der Waals surface area contributed by atoms with Gasteiger partial charge in [-0.2, -0.15) is 0 Å². The fourth-order valence-corrected chi connectivity index (χ4v) is 1.25. The van der Waals surface area contributed by atoms with Crippen LogP contribution in [0.3, 0.4) is 0 Å². The average molecular weight is 198 g/mol. The smallest absolute Gasteiger partial charge is 0.125 e. The van der Waals surface area contributed by atoms with Crippen LogP contribution in [-0.4, -0.2) is 7.11 Å². The Morgan fingerprint density at radius 1 is 1.62 bits per heavy atom. The molecule has 70 valence electrons. The first kappa shape index (κ1) is 10.1. The maximum atomic E-state index is 5.80. The van der Waals surface area contributed by atoms with Crippen molar-refractivity contribution in [2.24, 2.45) is 5.73 Å². The summed E-state index contributed by atoms with van der Waals surface area (Å²) in [6.07, 6.45) is 1.66. The van der Waals surface area contributed by atoms with Crippen LogP contribution >= 0.6 is 11.6 Å². The van der Waals surface area contributed by atoms with Crippen LogP contribution in [0.5, 0.6) is 5.75 Å². The quantitative estimate of drug-likeness (QED) is 0.756. The summed E-state index contributed by atoms with van der Waals surface area (Å²) in [5.41, 5.74) is 6.67. The number of ether oxygens (including phenoxy) is 1. The summed E-state index contributed by atoms with van der Waals surface area (Å²) < 4.78 is 5.14. The summed E-state index contributed by atoms with van der Waals surface area (Å²) in [6, 6.07) is 5.14. The number of rotatable bonds is 3. The highest BCUT2D eigenvalue weighted by atomic mass is 35.5. The Morgan fingerprint density at radius 3 is 2.85 bits per heavy atom. The first-order valence-electron chi connectivity index (χ1n) is 3.90. The molecule has 0 heterocycles. The van der Waals surface area contributed by atoms with E-state index in [-0.39, 0.29) is 6.04 Å². The van der Waals surface area contributed by atoms with Gasteiger partial charge in [0.25, 0.3) is 0 Å². The van der Waals surface area contributed by atoms with Gasteiger partial charge in [-0.25, -0.2) is 0 Å². The second kappa shape index (κ2) is 4.30. The summed E-state index contributed by atoms with van der Waals surface area (Å²) in [5, 5.41) is 0.636. The first-order chi connectivity index (χ1) is 6.19. The van der Waals surface area contributed by atoms with E-state index < -0.39 is 0 Å². The molecule has 0 saturated carbocycles. The van der Waals surface area contributed by atoms with Crippen molar-refractivity contribution in [1.29, 1.82) is 0 Å². The van der Waals surface area contributed by atoms with Gasteiger partial charge < -0.3 is 10.5 Å². The number of nitrogens with two attached hydrogens (primary N) is 1. The van der Waals surface area contributed by atoms with Gasteiger partial charge in [-0.3, -0.25) is 0 Å². The molecule has 0 unspecified atom stereocenters. The minimum Gasteiger partial charge on any atom is -0.496 e. The Hall–Kier alpha value is -0.990. The van der Waals surface area contributed by atoms with E-state index in [0.717, 1.165) is 5.56 Å². The molecule has 0 amide bonds. The van der Waals surface area contributed by atoms with E-state index in [1.165, 1.54) is 0 Å². The van der Waals surface area contributed by atoms with Gasteiger partial charge in [-0.15, -0.1) is 6.58 Å². The van der Waals surface area contributed by atoms with E-state index >= 15 is 0 Å². The first-order valence-corrected chi connectivity index (χ1v) is 4.28. The van der Waals surface area contributed by atoms with Crippen LogP contribution < -0.4 is 10.5 Å². The van der Waals surface area contributed by atoms with Crippen LogP contribution in [0.2, 0.25) is 5.02 Å². The van der Waals surface area contributed by atoms with Crippen LogP contribution in [0, 0.1) is 0 Å². The van der Waals surface area contributed by atoms with Gasteiger partial charge in [0, 0.05) is 10.6 Å². The van der Waals surface area contributed by atoms with Crippen LogP contribution in [0.25, 0.3) is 0 Å². The van der Waals surface area contributed by atoms with E-state index in [4.69, 9.17) is 22.1 Å². The largest absolute Gasteiger partial charge is 0.496 e. The predicted molar refractivity (Wildman–Crippen MR) is 55.1 cm³/mol. The summed E-state index contributed by atoms with van der Waals surface area (Å²) in [5.74, 6) is 0.694. The van der Waals surface area contributed by atoms with Crippen molar-refractivity contribution in [3.05, 3.63) is 41.4 Å². The second-order valence-corrected chi connectivity index (χ2v) is 3.08. The molecule has 0 aliphatic heterocycles. The zero-order valence-corrected chi connectivity index (χ0v) is 8.21. The van der Waals surface area contributed by atoms with Crippen LogP contribution in [-0.2, 0) is 0 Å². The van der Waals surface area contributed by atoms with Crippen LogP contribution in [0.15, 0.2) is 30.9 Å². The lowest BCUT2D eigenvalue weighted by atomic mass is 10.1. The molecule has 2 N–H and O–H groups in total. The lowest BCUT2D eigenvalue weighted by Gasteiger charge is -2.11. The normalized spacial score (nSPS) is 12.2. The van der Waals surface area contributed by atoms with Gasteiger partial charge in [0.1, 0.15) is 5.75 Å². The minimum atomic E-state index is -0.216. The fraction of sp³-hybridized carbons (Fsp3) is 0.200. The number of hydrogen-bond acceptors (Lipinski definition) is 2. The minimum absolute atomic E-state index is 0.216. The topological polar surface area (TPSA) is 35.2 Å². The number of methoxy groups -OCH3 is 1. The highest BCUT2D eigenvalue weighted by Crippen LogP contribution is 2.27. The summed E-state index contributed by atoms with van der Waals surface area (Å²) >= 11 is 5.80. The summed E-state index contributed by atoms with van der Waals surface area (Å²) in [4.78, 5) is 0. The molecule has 1 aromatic carbocycles. The number of benzene rings is 1. The number of halogens is 1. The Kier molecular flexibility index (Phi) is 3.34. The molecule has 0 saturated heterocycles. The van der Waals surface area contributed by atoms with Crippen molar-refractivity contribution in [3.8, 4) is 5.75 Å². The number of hydrogen-bond donors (Lipinski definition) is 1. The molecule has 0 bridgehead atoms. The predicted octanol–water partition coefficient (Wildman–Crippen LogP) is 2.53. The third-order valence-electron chi connectivity index (χ3n) is 1.81. The molecule has 0 aliphatic rings. The van der Waals surface area contributed by atoms with Crippen molar-refractivity contribution >= 4 is 11.6 Å². The molecule has 13 heavy (non-hydrogen) atoms. The zero-order chi connectivity index (χ0) is 9.84. The molecule has 2 nitrogen and oxygen atoms in total. The molecule has 1 aromatic rings. The van der Waals surface area contributed by atoms with E-state index in [2.05, 4.69) is 6.58 Å². The molecule has 1 rings (SSSR count). The van der Waals surface area contributed by atoms with Crippen molar-refractivity contribution in [2.75, 3.05) is 7.11 Å². The van der Waals surface area contributed by atoms with Gasteiger partial charge in [0.05, 0.1) is 13.2 Å². The Bertz CT molecular complexity index is 312. The van der Waals surface area contributed by atoms with Crippen molar-refractivity contribution in [1.82, 2.24) is 0 Å². The molecule has 0 spiro atoms. The van der Waals surface area contributed by atoms with Crippen LogP contribution in [0.1, 0.15) is 11.6 Å². The highest BCUT2D eigenvalue weighted by Gasteiger charge is 2.08. The molecule has 0 aliphatic carbocycles. The van der Waals surface area contributed by atoms with Crippen molar-refractivity contribution in [2.45, 2.75) is 6.04 Å². The highest BCUT2D eigenvalue weighted by molar-refractivity contribution is 6.30. The lowest BCUT2D eigenvalue weighted by molar-refractivity contribution is 0.408. The van der Waals surface area contributed by atoms with E-state index in [0.29, 0.717) is 10.8 Å². The van der Waals surface area contributed by atoms with E-state index in [1.807, 2.05) is 6.07 Å². The summed E-state index contributed by atoms with van der Waals surface area (Å²) in [7, 11) is 1.59. The molecule has 0 fully saturated rings. The van der Waals surface area contributed by atoms with Gasteiger partial charge in [-0.05, 0) is 12.1 Å². The maximum absolute atomic E-state index is 5.80. The van der Waals surface area contributed by atoms with E-state index in [1.54, 1.807) is 25.3 Å². The zero-order valence-electron chi connectivity index (χ0n) is 7.46. The fourth-order valence-electron chi connectivity index (χ4n) is 1.09. The maximum Gasteiger partial charge on any atom is 0.125 e. The third-order valence-corrected chi connectivity index (χ3v) is 2.04. The standard InChI is InChI=1S/C10H12ClNO/c1-3-9(12)8-5-4-7(11)6-10(8)13-2/h3-6,9H,1,12H2,2H3/t9-/m0/s1. The molecule has 3 heteroatoms. The van der Waals surface area contributed by atoms with Crippen LogP contribution in [0.4, 0.5) is 0 Å². The monoisotopic (exact) mass is 197 g/mol. The lowest BCUT2D eigenvalue weighted by Crippen LogP contribution is -2.07. The Labute approximate surface area is 83.0 Å². The SMILES string of the molecule is C=C[C@H](N)c1ccc(Cl)cc1OC. The van der Waals surface area contributed by atoms with E-state index in [9.17, 15) is 0 Å². The Balaban J connectivity index is 3.12. The molecule has 0 aromatic heterocycles. The third kappa shape index (κ3) is 2.23. The average Bonchev–Trinajstić information content (AvgIpc) is 2.16. The summed E-state index contributed by atoms with van der Waals surface area (Å²) in [6.45, 7) is 3.62. The van der Waals surface area contributed by atoms with Gasteiger partial charge in [0.2, 0.25) is 0 Å². The van der Waals surface area contributed by atoms with Crippen molar-refractivity contribution in [3.63, 3.8) is 0 Å². The molecule has 1 atom stereocenters. The molecular formula is C10H12ClNO. The molecular weight excluding hydrogens is 186 g/mol. The van der Waals surface area contributed by atoms with Gasteiger partial charge in [-0.1, -0.05) is 23.7 Å². The second-order valence-electron chi connectivity index (χ2n) is 2.65. The Morgan fingerprint density at radius 2 is 2.31 bits per heavy atom.